The van der Waals surface area contributed by atoms with Crippen molar-refractivity contribution >= 4 is 11.8 Å². The molecule has 0 radical (unpaired) electrons. The van der Waals surface area contributed by atoms with E-state index < -0.39 is 29.6 Å². The minimum atomic E-state index is -4.53. The maximum atomic E-state index is 12.7. The van der Waals surface area contributed by atoms with Crippen molar-refractivity contribution < 1.29 is 43.2 Å². The fraction of sp³-hybridized carbons (Fsp3) is 0.429. The Morgan fingerprint density at radius 1 is 1.35 bits per heavy atom. The molecule has 2 amide bonds. The van der Waals surface area contributed by atoms with Crippen molar-refractivity contribution in [3.63, 3.8) is 0 Å². The van der Waals surface area contributed by atoms with E-state index in [4.69, 9.17) is 5.73 Å². The van der Waals surface area contributed by atoms with E-state index in [1.165, 1.54) is 6.07 Å². The van der Waals surface area contributed by atoms with Gasteiger partial charge in [0.2, 0.25) is 5.91 Å². The van der Waals surface area contributed by atoms with Crippen LogP contribution in [0.2, 0.25) is 0 Å². The molecular weight excluding hydrogens is 406 g/mol. The van der Waals surface area contributed by atoms with Crippen LogP contribution in [-0.4, -0.2) is 30.9 Å². The molecule has 23 heavy (non-hydrogen) atoms. The van der Waals surface area contributed by atoms with Crippen molar-refractivity contribution in [2.24, 2.45) is 11.7 Å². The molecule has 4 N–H and O–H groups in total. The van der Waals surface area contributed by atoms with Crippen molar-refractivity contribution in [3.05, 3.63) is 35.4 Å². The van der Waals surface area contributed by atoms with Crippen LogP contribution in [0.5, 0.6) is 0 Å². The Labute approximate surface area is 144 Å². The summed E-state index contributed by atoms with van der Waals surface area (Å²) in [4.78, 5) is 23.6. The zero-order valence-electron chi connectivity index (χ0n) is 11.9. The van der Waals surface area contributed by atoms with Crippen LogP contribution in [0.4, 0.5) is 13.2 Å². The fourth-order valence-electron chi connectivity index (χ4n) is 2.44. The predicted molar refractivity (Wildman–Crippen MR) is 72.9 cm³/mol. The molecule has 1 aromatic rings. The van der Waals surface area contributed by atoms with Gasteiger partial charge in [-0.05, 0) is 31.2 Å². The van der Waals surface area contributed by atoms with Crippen molar-refractivity contribution in [2.75, 3.05) is 13.1 Å². The van der Waals surface area contributed by atoms with Gasteiger partial charge in [-0.3, -0.25) is 9.59 Å². The monoisotopic (exact) mass is 421 g/mol. The molecule has 0 aromatic heterocycles. The quantitative estimate of drug-likeness (QED) is 0.632. The number of amides is 2. The Morgan fingerprint density at radius 3 is 2.57 bits per heavy atom. The Kier molecular flexibility index (Phi) is 6.74. The number of hydrogen-bond acceptors (Lipinski definition) is 3. The summed E-state index contributed by atoms with van der Waals surface area (Å²) in [7, 11) is 0. The molecule has 1 fully saturated rings. The minimum Gasteiger partial charge on any atom is -0.368 e. The van der Waals surface area contributed by atoms with Crippen molar-refractivity contribution in [1.29, 1.82) is 0 Å². The van der Waals surface area contributed by atoms with E-state index in [0.29, 0.717) is 19.5 Å². The Hall–Kier alpha value is -1.43. The van der Waals surface area contributed by atoms with Crippen molar-refractivity contribution in [3.8, 4) is 0 Å². The summed E-state index contributed by atoms with van der Waals surface area (Å²) in [5.41, 5.74) is 4.20. The number of hydrogen-bond donors (Lipinski definition) is 3. The second-order valence-corrected chi connectivity index (χ2v) is 5.18. The van der Waals surface area contributed by atoms with Gasteiger partial charge in [-0.1, -0.05) is 6.07 Å². The molecule has 0 aliphatic carbocycles. The zero-order valence-corrected chi connectivity index (χ0v) is 13.5. The number of benzene rings is 1. The van der Waals surface area contributed by atoms with Gasteiger partial charge in [0.05, 0.1) is 5.56 Å². The van der Waals surface area contributed by atoms with Crippen LogP contribution < -0.4 is 16.4 Å². The smallest absolute Gasteiger partial charge is 0.368 e. The summed E-state index contributed by atoms with van der Waals surface area (Å²) in [6.07, 6.45) is -3.87. The zero-order chi connectivity index (χ0) is 16.3. The molecule has 2 atom stereocenters. The second kappa shape index (κ2) is 7.91. The molecule has 5 nitrogen and oxygen atoms in total. The molecule has 1 aliphatic rings. The average Bonchev–Trinajstić information content (AvgIpc) is 2.97. The molecule has 9 heteroatoms. The molecule has 1 aromatic carbocycles. The van der Waals surface area contributed by atoms with E-state index in [9.17, 15) is 22.8 Å². The number of carbonyl (C=O) groups excluding carboxylic acids is 2. The van der Waals surface area contributed by atoms with Crippen LogP contribution >= 0.6 is 0 Å². The molecule has 0 saturated carbocycles. The Morgan fingerprint density at radius 2 is 2.04 bits per heavy atom. The first-order valence-electron chi connectivity index (χ1n) is 6.77. The molecule has 130 valence electrons. The van der Waals surface area contributed by atoms with Crippen molar-refractivity contribution in [2.45, 2.75) is 18.6 Å². The summed E-state index contributed by atoms with van der Waals surface area (Å²) in [5.74, 6) is -1.61. The SMILES string of the molecule is NC(=O)C(NC(=O)c1cccc(C(F)(F)F)c1)[C@@H]1CCNC1.[Pd]. The second-order valence-electron chi connectivity index (χ2n) is 5.18. The molecule has 0 bridgehead atoms. The molecule has 1 aliphatic heterocycles. The van der Waals surface area contributed by atoms with Gasteiger partial charge < -0.3 is 16.4 Å². The average molecular weight is 422 g/mol. The van der Waals surface area contributed by atoms with Crippen LogP contribution in [0.3, 0.4) is 0 Å². The van der Waals surface area contributed by atoms with Crippen LogP contribution in [0.15, 0.2) is 24.3 Å². The van der Waals surface area contributed by atoms with Gasteiger partial charge in [0, 0.05) is 38.4 Å². The van der Waals surface area contributed by atoms with E-state index in [2.05, 4.69) is 10.6 Å². The first kappa shape index (κ1) is 19.6. The molecule has 1 saturated heterocycles. The van der Waals surface area contributed by atoms with E-state index >= 15 is 0 Å². The first-order chi connectivity index (χ1) is 10.3. The topological polar surface area (TPSA) is 84.2 Å². The molecule has 1 unspecified atom stereocenters. The van der Waals surface area contributed by atoms with Gasteiger partial charge in [-0.15, -0.1) is 0 Å². The third-order valence-electron chi connectivity index (χ3n) is 3.62. The molecule has 2 rings (SSSR count). The maximum Gasteiger partial charge on any atom is 0.416 e. The third-order valence-corrected chi connectivity index (χ3v) is 3.62. The molecule has 0 spiro atoms. The van der Waals surface area contributed by atoms with Crippen LogP contribution in [0, 0.1) is 5.92 Å². The van der Waals surface area contributed by atoms with E-state index in [1.807, 2.05) is 0 Å². The standard InChI is InChI=1S/C14H16F3N3O2.Pd/c15-14(16,17)10-3-1-2-8(6-10)13(22)20-11(12(18)21)9-4-5-19-7-9;/h1-3,6,9,11,19H,4-5,7H2,(H2,18,21)(H,20,22);/t9-,11?;/m1./s1. The van der Waals surface area contributed by atoms with E-state index in [-0.39, 0.29) is 31.9 Å². The van der Waals surface area contributed by atoms with Gasteiger partial charge >= 0.3 is 6.18 Å². The van der Waals surface area contributed by atoms with E-state index in [0.717, 1.165) is 18.2 Å². The number of nitrogens with two attached hydrogens (primary N) is 1. The van der Waals surface area contributed by atoms with E-state index in [1.54, 1.807) is 0 Å². The normalized spacial score (nSPS) is 18.8. The van der Waals surface area contributed by atoms with Crippen LogP contribution in [-0.2, 0) is 31.4 Å². The maximum absolute atomic E-state index is 12.7. The van der Waals surface area contributed by atoms with Gasteiger partial charge in [0.1, 0.15) is 6.04 Å². The minimum absolute atomic E-state index is 0. The number of carbonyl (C=O) groups is 2. The van der Waals surface area contributed by atoms with Gasteiger partial charge in [0.15, 0.2) is 0 Å². The summed E-state index contributed by atoms with van der Waals surface area (Å²) < 4.78 is 38.0. The third kappa shape index (κ3) is 5.03. The Balaban J connectivity index is 0.00000264. The number of nitrogens with one attached hydrogen (secondary N) is 2. The largest absolute Gasteiger partial charge is 0.416 e. The summed E-state index contributed by atoms with van der Waals surface area (Å²) in [5, 5.41) is 5.47. The number of rotatable bonds is 4. The number of halogens is 3. The van der Waals surface area contributed by atoms with Crippen molar-refractivity contribution in [1.82, 2.24) is 10.6 Å². The van der Waals surface area contributed by atoms with Crippen LogP contribution in [0.1, 0.15) is 22.3 Å². The summed E-state index contributed by atoms with van der Waals surface area (Å²) in [6.45, 7) is 1.23. The fourth-order valence-corrected chi connectivity index (χ4v) is 2.44. The summed E-state index contributed by atoms with van der Waals surface area (Å²) >= 11 is 0. The molecule has 1 heterocycles. The molecular formula is C14H16F3N3O2Pd. The summed E-state index contributed by atoms with van der Waals surface area (Å²) in [6, 6.07) is 3.13. The van der Waals surface area contributed by atoms with Gasteiger partial charge in [-0.2, -0.15) is 13.2 Å². The predicted octanol–water partition coefficient (Wildman–Crippen LogP) is 0.896. The van der Waals surface area contributed by atoms with Gasteiger partial charge in [-0.25, -0.2) is 0 Å². The first-order valence-corrected chi connectivity index (χ1v) is 6.77. The van der Waals surface area contributed by atoms with Gasteiger partial charge in [0.25, 0.3) is 5.91 Å². The van der Waals surface area contributed by atoms with Crippen LogP contribution in [0.25, 0.3) is 0 Å². The number of primary amides is 1. The Bertz CT molecular complexity index is 575. The number of alkyl halides is 3.